The standard InChI is InChI=1S/C20H18N2OS/c1-3-16-6-8-17(9-7-16)14-24-19-20(23)22(13-12-21-19)18-10-4-15(2)5-11-18/h3-13H,1,14H2,2H3. The van der Waals surface area contributed by atoms with Gasteiger partial charge in [-0.2, -0.15) is 0 Å². The molecule has 0 spiro atoms. The van der Waals surface area contributed by atoms with Gasteiger partial charge in [-0.1, -0.05) is 66.4 Å². The van der Waals surface area contributed by atoms with Crippen molar-refractivity contribution in [1.29, 1.82) is 0 Å². The minimum Gasteiger partial charge on any atom is -0.280 e. The molecule has 0 saturated carbocycles. The number of rotatable bonds is 5. The summed E-state index contributed by atoms with van der Waals surface area (Å²) in [6.07, 6.45) is 5.19. The average molecular weight is 334 g/mol. The van der Waals surface area contributed by atoms with E-state index in [0.29, 0.717) is 10.8 Å². The average Bonchev–Trinajstić information content (AvgIpc) is 2.62. The smallest absolute Gasteiger partial charge is 0.280 e. The Morgan fingerprint density at radius 3 is 2.50 bits per heavy atom. The summed E-state index contributed by atoms with van der Waals surface area (Å²) < 4.78 is 1.63. The normalized spacial score (nSPS) is 10.5. The number of benzene rings is 2. The predicted octanol–water partition coefficient (Wildman–Crippen LogP) is 4.48. The molecule has 0 fully saturated rings. The molecule has 0 aliphatic carbocycles. The first-order valence-electron chi connectivity index (χ1n) is 7.66. The van der Waals surface area contributed by atoms with Crippen molar-refractivity contribution < 1.29 is 0 Å². The van der Waals surface area contributed by atoms with E-state index in [1.54, 1.807) is 17.0 Å². The highest BCUT2D eigenvalue weighted by molar-refractivity contribution is 7.98. The minimum absolute atomic E-state index is 0.0888. The highest BCUT2D eigenvalue weighted by Crippen LogP contribution is 2.19. The van der Waals surface area contributed by atoms with E-state index in [-0.39, 0.29) is 5.56 Å². The molecule has 1 aromatic heterocycles. The van der Waals surface area contributed by atoms with E-state index in [9.17, 15) is 4.79 Å². The number of aromatic nitrogens is 2. The number of thioether (sulfide) groups is 1. The van der Waals surface area contributed by atoms with Crippen LogP contribution in [0.25, 0.3) is 11.8 Å². The van der Waals surface area contributed by atoms with Crippen molar-refractivity contribution in [3.63, 3.8) is 0 Å². The Bertz CT molecular complexity index is 896. The fourth-order valence-corrected chi connectivity index (χ4v) is 3.16. The van der Waals surface area contributed by atoms with Gasteiger partial charge in [0, 0.05) is 23.8 Å². The lowest BCUT2D eigenvalue weighted by Crippen LogP contribution is -2.20. The van der Waals surface area contributed by atoms with Crippen molar-refractivity contribution in [2.75, 3.05) is 0 Å². The minimum atomic E-state index is -0.0888. The summed E-state index contributed by atoms with van der Waals surface area (Å²) in [4.78, 5) is 16.9. The van der Waals surface area contributed by atoms with Crippen LogP contribution in [0.15, 0.2) is 77.3 Å². The van der Waals surface area contributed by atoms with Crippen LogP contribution in [0.3, 0.4) is 0 Å². The van der Waals surface area contributed by atoms with Gasteiger partial charge in [-0.25, -0.2) is 4.98 Å². The van der Waals surface area contributed by atoms with E-state index >= 15 is 0 Å². The van der Waals surface area contributed by atoms with Crippen LogP contribution in [0, 0.1) is 6.92 Å². The molecule has 0 aliphatic rings. The maximum absolute atomic E-state index is 12.6. The summed E-state index contributed by atoms with van der Waals surface area (Å²) in [7, 11) is 0. The third-order valence-corrected chi connectivity index (χ3v) is 4.74. The fourth-order valence-electron chi connectivity index (χ4n) is 2.30. The van der Waals surface area contributed by atoms with Gasteiger partial charge in [0.1, 0.15) is 0 Å². The summed E-state index contributed by atoms with van der Waals surface area (Å²) in [6, 6.07) is 16.0. The second-order valence-electron chi connectivity index (χ2n) is 5.48. The van der Waals surface area contributed by atoms with Crippen LogP contribution in [0.2, 0.25) is 0 Å². The molecule has 0 amide bonds. The van der Waals surface area contributed by atoms with E-state index in [4.69, 9.17) is 0 Å². The molecule has 4 heteroatoms. The maximum Gasteiger partial charge on any atom is 0.287 e. The fraction of sp³-hybridized carbons (Fsp3) is 0.100. The van der Waals surface area contributed by atoms with Crippen molar-refractivity contribution in [3.8, 4) is 5.69 Å². The second kappa shape index (κ2) is 7.32. The lowest BCUT2D eigenvalue weighted by Gasteiger charge is -2.08. The molecule has 3 nitrogen and oxygen atoms in total. The van der Waals surface area contributed by atoms with Gasteiger partial charge in [0.25, 0.3) is 5.56 Å². The molecule has 0 N–H and O–H groups in total. The molecule has 0 radical (unpaired) electrons. The van der Waals surface area contributed by atoms with Gasteiger partial charge in [-0.15, -0.1) is 0 Å². The topological polar surface area (TPSA) is 34.9 Å². The van der Waals surface area contributed by atoms with E-state index in [2.05, 4.69) is 11.6 Å². The van der Waals surface area contributed by atoms with Crippen molar-refractivity contribution in [3.05, 3.63) is 94.5 Å². The highest BCUT2D eigenvalue weighted by atomic mass is 32.2. The largest absolute Gasteiger partial charge is 0.287 e. The molecule has 24 heavy (non-hydrogen) atoms. The monoisotopic (exact) mass is 334 g/mol. The number of aryl methyl sites for hydroxylation is 1. The van der Waals surface area contributed by atoms with Gasteiger partial charge in [0.2, 0.25) is 0 Å². The second-order valence-corrected chi connectivity index (χ2v) is 6.44. The highest BCUT2D eigenvalue weighted by Gasteiger charge is 2.07. The van der Waals surface area contributed by atoms with Crippen LogP contribution >= 0.6 is 11.8 Å². The van der Waals surface area contributed by atoms with Crippen LogP contribution in [-0.2, 0) is 5.75 Å². The van der Waals surface area contributed by atoms with Gasteiger partial charge in [-0.05, 0) is 30.2 Å². The first kappa shape index (κ1) is 16.3. The van der Waals surface area contributed by atoms with Crippen LogP contribution in [0.5, 0.6) is 0 Å². The van der Waals surface area contributed by atoms with Gasteiger partial charge in [0.05, 0.1) is 0 Å². The van der Waals surface area contributed by atoms with Gasteiger partial charge in [0.15, 0.2) is 5.03 Å². The lowest BCUT2D eigenvalue weighted by molar-refractivity contribution is 0.882. The van der Waals surface area contributed by atoms with E-state index < -0.39 is 0 Å². The first-order valence-corrected chi connectivity index (χ1v) is 8.65. The van der Waals surface area contributed by atoms with Gasteiger partial charge in [-0.3, -0.25) is 9.36 Å². The van der Waals surface area contributed by atoms with Crippen molar-refractivity contribution in [2.45, 2.75) is 17.7 Å². The zero-order valence-electron chi connectivity index (χ0n) is 13.5. The molecule has 3 aromatic rings. The van der Waals surface area contributed by atoms with Crippen LogP contribution in [-0.4, -0.2) is 9.55 Å². The van der Waals surface area contributed by atoms with Gasteiger partial charge < -0.3 is 0 Å². The molecule has 0 aliphatic heterocycles. The molecular formula is C20H18N2OS. The number of hydrogen-bond acceptors (Lipinski definition) is 3. The van der Waals surface area contributed by atoms with Crippen molar-refractivity contribution >= 4 is 17.8 Å². The predicted molar refractivity (Wildman–Crippen MR) is 101 cm³/mol. The number of hydrogen-bond donors (Lipinski definition) is 0. The van der Waals surface area contributed by atoms with E-state index in [1.165, 1.54) is 17.3 Å². The molecule has 0 saturated heterocycles. The molecule has 0 bridgehead atoms. The Morgan fingerprint density at radius 2 is 1.83 bits per heavy atom. The van der Waals surface area contributed by atoms with Crippen LogP contribution in [0.4, 0.5) is 0 Å². The SMILES string of the molecule is C=Cc1ccc(CSc2nccn(-c3ccc(C)cc3)c2=O)cc1. The first-order chi connectivity index (χ1) is 11.7. The quantitative estimate of drug-likeness (QED) is 0.646. The Labute approximate surface area is 145 Å². The summed E-state index contributed by atoms with van der Waals surface area (Å²) in [5.74, 6) is 0.706. The summed E-state index contributed by atoms with van der Waals surface area (Å²) in [5.41, 5.74) is 4.17. The van der Waals surface area contributed by atoms with E-state index in [1.807, 2.05) is 61.5 Å². The Morgan fingerprint density at radius 1 is 1.12 bits per heavy atom. The van der Waals surface area contributed by atoms with Crippen LogP contribution < -0.4 is 5.56 Å². The third-order valence-electron chi connectivity index (χ3n) is 3.71. The molecule has 3 rings (SSSR count). The number of nitrogens with zero attached hydrogens (tertiary/aromatic N) is 2. The van der Waals surface area contributed by atoms with Gasteiger partial charge >= 0.3 is 0 Å². The summed E-state index contributed by atoms with van der Waals surface area (Å²) >= 11 is 1.46. The zero-order valence-corrected chi connectivity index (χ0v) is 14.3. The summed E-state index contributed by atoms with van der Waals surface area (Å²) in [5, 5.41) is 0.505. The molecule has 0 atom stereocenters. The third kappa shape index (κ3) is 3.66. The van der Waals surface area contributed by atoms with Crippen LogP contribution in [0.1, 0.15) is 16.7 Å². The van der Waals surface area contributed by atoms with Crippen molar-refractivity contribution in [2.24, 2.45) is 0 Å². The Balaban J connectivity index is 1.81. The Kier molecular flexibility index (Phi) is 4.96. The molecule has 120 valence electrons. The lowest BCUT2D eigenvalue weighted by atomic mass is 10.1. The molecule has 0 unspecified atom stereocenters. The molecule has 2 aromatic carbocycles. The Hall–Kier alpha value is -2.59. The summed E-state index contributed by atoms with van der Waals surface area (Å²) in [6.45, 7) is 5.78. The molecular weight excluding hydrogens is 316 g/mol. The molecule has 1 heterocycles. The maximum atomic E-state index is 12.6. The van der Waals surface area contributed by atoms with Crippen molar-refractivity contribution in [1.82, 2.24) is 9.55 Å². The zero-order chi connectivity index (χ0) is 16.9. The van der Waals surface area contributed by atoms with E-state index in [0.717, 1.165) is 16.8 Å².